The number of nitrogens with zero attached hydrogens (tertiary/aromatic N) is 1. The molecule has 4 heteroatoms. The Morgan fingerprint density at radius 1 is 1.73 bits per heavy atom. The molecule has 0 saturated heterocycles. The second-order valence-corrected chi connectivity index (χ2v) is 1.70. The average molecular weight is 156 g/mol. The van der Waals surface area contributed by atoms with E-state index in [2.05, 4.69) is 11.3 Å². The van der Waals surface area contributed by atoms with Crippen LogP contribution in [0.1, 0.15) is 0 Å². The topological polar surface area (TPSA) is 46.6 Å². The number of ether oxygens (including phenoxy) is 1. The fourth-order valence-electron chi connectivity index (χ4n) is 0.466. The molecule has 0 aromatic heterocycles. The second kappa shape index (κ2) is 5.46. The van der Waals surface area contributed by atoms with Crippen molar-refractivity contribution in [3.8, 4) is 0 Å². The third kappa shape index (κ3) is 3.40. The fraction of sp³-hybridized carbons (Fsp3) is 0.286. The largest absolute Gasteiger partial charge is 0.452 e. The predicted octanol–water partition coefficient (Wildman–Crippen LogP) is 0.601. The molecular formula is C7H10NO3. The van der Waals surface area contributed by atoms with Gasteiger partial charge in [-0.25, -0.2) is 9.69 Å². The lowest BCUT2D eigenvalue weighted by atomic mass is 10.4. The molecule has 61 valence electrons. The highest BCUT2D eigenvalue weighted by Gasteiger charge is 2.09. The maximum absolute atomic E-state index is 10.7. The van der Waals surface area contributed by atoms with Crippen LogP contribution in [0.4, 0.5) is 4.79 Å². The second-order valence-electron chi connectivity index (χ2n) is 1.70. The van der Waals surface area contributed by atoms with Crippen LogP contribution in [0.3, 0.4) is 0 Å². The van der Waals surface area contributed by atoms with Crippen molar-refractivity contribution in [3.05, 3.63) is 19.1 Å². The van der Waals surface area contributed by atoms with Crippen LogP contribution in [0, 0.1) is 6.42 Å². The average Bonchev–Trinajstić information content (AvgIpc) is 2.05. The smallest absolute Gasteiger partial charge is 0.416 e. The first-order valence-corrected chi connectivity index (χ1v) is 3.00. The summed E-state index contributed by atoms with van der Waals surface area (Å²) in [6, 6.07) is 0. The Labute approximate surface area is 65.4 Å². The summed E-state index contributed by atoms with van der Waals surface area (Å²) in [5.74, 6) is 0. The Kier molecular flexibility index (Phi) is 4.81. The van der Waals surface area contributed by atoms with Crippen molar-refractivity contribution in [1.82, 2.24) is 4.90 Å². The van der Waals surface area contributed by atoms with Gasteiger partial charge in [0.15, 0.2) is 0 Å². The van der Waals surface area contributed by atoms with E-state index < -0.39 is 6.09 Å². The summed E-state index contributed by atoms with van der Waals surface area (Å²) in [4.78, 5) is 21.7. The zero-order valence-electron chi connectivity index (χ0n) is 6.32. The van der Waals surface area contributed by atoms with Gasteiger partial charge in [0.25, 0.3) is 0 Å². The Hall–Kier alpha value is -1.32. The Morgan fingerprint density at radius 3 is 2.73 bits per heavy atom. The summed E-state index contributed by atoms with van der Waals surface area (Å²) in [5, 5.41) is 0. The van der Waals surface area contributed by atoms with Crippen LogP contribution >= 0.6 is 0 Å². The maximum atomic E-state index is 10.7. The van der Waals surface area contributed by atoms with Crippen molar-refractivity contribution in [2.24, 2.45) is 0 Å². The fourth-order valence-corrected chi connectivity index (χ4v) is 0.466. The minimum atomic E-state index is -0.668. The first-order valence-electron chi connectivity index (χ1n) is 3.00. The molecule has 0 atom stereocenters. The van der Waals surface area contributed by atoms with E-state index in [9.17, 15) is 9.59 Å². The van der Waals surface area contributed by atoms with Crippen molar-refractivity contribution in [1.29, 1.82) is 0 Å². The van der Waals surface area contributed by atoms with E-state index in [0.29, 0.717) is 6.41 Å². The molecule has 1 radical (unpaired) electrons. The van der Waals surface area contributed by atoms with Crippen LogP contribution in [0.15, 0.2) is 12.7 Å². The first-order chi connectivity index (χ1) is 5.26. The van der Waals surface area contributed by atoms with Crippen LogP contribution in [0.25, 0.3) is 0 Å². The zero-order valence-corrected chi connectivity index (χ0v) is 6.32. The highest BCUT2D eigenvalue weighted by atomic mass is 16.5. The molecule has 0 rings (SSSR count). The summed E-state index contributed by atoms with van der Waals surface area (Å²) in [7, 11) is 1.22. The van der Waals surface area contributed by atoms with Gasteiger partial charge in [-0.1, -0.05) is 6.08 Å². The summed E-state index contributed by atoms with van der Waals surface area (Å²) >= 11 is 0. The summed E-state index contributed by atoms with van der Waals surface area (Å²) in [6.07, 6.45) is 2.81. The molecule has 0 N–H and O–H groups in total. The third-order valence-corrected chi connectivity index (χ3v) is 1.01. The van der Waals surface area contributed by atoms with E-state index in [4.69, 9.17) is 0 Å². The number of rotatable bonds is 4. The van der Waals surface area contributed by atoms with Crippen LogP contribution in [0.2, 0.25) is 0 Å². The van der Waals surface area contributed by atoms with Crippen molar-refractivity contribution in [3.63, 3.8) is 0 Å². The number of hydrogen-bond acceptors (Lipinski definition) is 3. The number of amides is 2. The van der Waals surface area contributed by atoms with E-state index in [1.165, 1.54) is 13.2 Å². The minimum absolute atomic E-state index is 0.194. The molecule has 11 heavy (non-hydrogen) atoms. The Bertz CT molecular complexity index is 156. The first kappa shape index (κ1) is 9.68. The van der Waals surface area contributed by atoms with Crippen LogP contribution in [-0.2, 0) is 9.53 Å². The van der Waals surface area contributed by atoms with Gasteiger partial charge in [0.1, 0.15) is 0 Å². The molecule has 0 heterocycles. The molecule has 0 aliphatic carbocycles. The molecule has 0 aromatic carbocycles. The van der Waals surface area contributed by atoms with Crippen molar-refractivity contribution >= 4 is 12.5 Å². The van der Waals surface area contributed by atoms with Crippen molar-refractivity contribution in [2.45, 2.75) is 0 Å². The van der Waals surface area contributed by atoms with Gasteiger partial charge < -0.3 is 4.74 Å². The van der Waals surface area contributed by atoms with Gasteiger partial charge in [0.05, 0.1) is 7.11 Å². The van der Waals surface area contributed by atoms with E-state index in [1.54, 1.807) is 6.42 Å². The van der Waals surface area contributed by atoms with Crippen LogP contribution < -0.4 is 0 Å². The van der Waals surface area contributed by atoms with Crippen LogP contribution in [-0.4, -0.2) is 31.1 Å². The molecule has 2 amide bonds. The number of methoxy groups -OCH3 is 1. The third-order valence-electron chi connectivity index (χ3n) is 1.01. The predicted molar refractivity (Wildman–Crippen MR) is 39.7 cm³/mol. The van der Waals surface area contributed by atoms with Gasteiger partial charge in [-0.2, -0.15) is 0 Å². The van der Waals surface area contributed by atoms with Gasteiger partial charge >= 0.3 is 6.09 Å². The molecule has 0 bridgehead atoms. The van der Waals surface area contributed by atoms with Crippen molar-refractivity contribution in [2.75, 3.05) is 13.7 Å². The number of carbonyl (C=O) groups is 2. The van der Waals surface area contributed by atoms with E-state index in [-0.39, 0.29) is 6.54 Å². The van der Waals surface area contributed by atoms with E-state index >= 15 is 0 Å². The number of carbonyl (C=O) groups excluding carboxylic acids is 2. The van der Waals surface area contributed by atoms with E-state index in [0.717, 1.165) is 4.90 Å². The normalized spacial score (nSPS) is 8.45. The van der Waals surface area contributed by atoms with E-state index in [1.807, 2.05) is 0 Å². The molecule has 0 spiro atoms. The van der Waals surface area contributed by atoms with Gasteiger partial charge in [0, 0.05) is 13.0 Å². The summed E-state index contributed by atoms with van der Waals surface area (Å²) in [5.41, 5.74) is 0. The minimum Gasteiger partial charge on any atom is -0.452 e. The highest BCUT2D eigenvalue weighted by molar-refractivity contribution is 5.80. The van der Waals surface area contributed by atoms with Gasteiger partial charge in [-0.05, 0) is 0 Å². The number of imide groups is 1. The summed E-state index contributed by atoms with van der Waals surface area (Å²) < 4.78 is 4.30. The standard InChI is InChI=1S/C7H10NO3/c1-3-4-5-8(6-9)7(10)11-2/h3-4,6H,1,5H2,2H3. The number of hydrogen-bond donors (Lipinski definition) is 0. The van der Waals surface area contributed by atoms with Gasteiger partial charge in [-0.15, -0.1) is 6.58 Å². The highest BCUT2D eigenvalue weighted by Crippen LogP contribution is 1.90. The Morgan fingerprint density at radius 2 is 2.36 bits per heavy atom. The van der Waals surface area contributed by atoms with Gasteiger partial charge in [0.2, 0.25) is 6.41 Å². The molecule has 0 aliphatic heterocycles. The SMILES string of the molecule is C=C[CH]CN(C=O)C(=O)OC. The lowest BCUT2D eigenvalue weighted by Crippen LogP contribution is -2.30. The lowest BCUT2D eigenvalue weighted by molar-refractivity contribution is -0.116. The van der Waals surface area contributed by atoms with Crippen molar-refractivity contribution < 1.29 is 14.3 Å². The quantitative estimate of drug-likeness (QED) is 0.560. The molecule has 0 saturated carbocycles. The zero-order chi connectivity index (χ0) is 8.69. The molecule has 0 aliphatic rings. The molecular weight excluding hydrogens is 146 g/mol. The monoisotopic (exact) mass is 156 g/mol. The molecule has 4 nitrogen and oxygen atoms in total. The lowest BCUT2D eigenvalue weighted by Gasteiger charge is -2.11. The van der Waals surface area contributed by atoms with Crippen LogP contribution in [0.5, 0.6) is 0 Å². The molecule has 0 unspecified atom stereocenters. The summed E-state index contributed by atoms with van der Waals surface area (Å²) in [6.45, 7) is 3.60. The van der Waals surface area contributed by atoms with Gasteiger partial charge in [-0.3, -0.25) is 4.79 Å². The Balaban J connectivity index is 3.83. The maximum Gasteiger partial charge on any atom is 0.416 e. The molecule has 0 fully saturated rings. The molecule has 0 aromatic rings.